The van der Waals surface area contributed by atoms with Gasteiger partial charge in [0.15, 0.2) is 0 Å². The first kappa shape index (κ1) is 12.1. The molecule has 3 aromatic rings. The van der Waals surface area contributed by atoms with Crippen LogP contribution in [0.2, 0.25) is 0 Å². The maximum absolute atomic E-state index is 4.87. The van der Waals surface area contributed by atoms with Crippen molar-refractivity contribution in [1.82, 2.24) is 10.3 Å². The van der Waals surface area contributed by atoms with Gasteiger partial charge in [-0.25, -0.2) is 4.98 Å². The van der Waals surface area contributed by atoms with Crippen molar-refractivity contribution >= 4 is 22.1 Å². The third kappa shape index (κ3) is 2.03. The van der Waals surface area contributed by atoms with E-state index in [4.69, 9.17) is 4.98 Å². The molecule has 0 amide bonds. The van der Waals surface area contributed by atoms with E-state index in [2.05, 4.69) is 53.2 Å². The van der Waals surface area contributed by atoms with Crippen LogP contribution in [0.25, 0.3) is 21.3 Å². The number of benzene rings is 2. The number of fused-ring (bicyclic) bond motifs is 1. The Hall–Kier alpha value is -1.71. The maximum atomic E-state index is 4.87. The van der Waals surface area contributed by atoms with Crippen LogP contribution in [0.4, 0.5) is 0 Å². The molecular formula is C17H16N2S. The summed E-state index contributed by atoms with van der Waals surface area (Å²) in [4.78, 5) is 4.87. The smallest absolute Gasteiger partial charge is 0.124 e. The second-order valence-electron chi connectivity index (χ2n) is 5.25. The lowest BCUT2D eigenvalue weighted by Gasteiger charge is -2.06. The van der Waals surface area contributed by atoms with Gasteiger partial charge in [0.05, 0.1) is 11.7 Å². The van der Waals surface area contributed by atoms with Gasteiger partial charge in [0.1, 0.15) is 5.01 Å². The van der Waals surface area contributed by atoms with Gasteiger partial charge in [-0.15, -0.1) is 11.3 Å². The Labute approximate surface area is 122 Å². The lowest BCUT2D eigenvalue weighted by atomic mass is 10.1. The highest BCUT2D eigenvalue weighted by Crippen LogP contribution is 2.33. The zero-order valence-electron chi connectivity index (χ0n) is 11.2. The summed E-state index contributed by atoms with van der Waals surface area (Å²) in [5.74, 6) is 0. The monoisotopic (exact) mass is 280 g/mol. The van der Waals surface area contributed by atoms with Crippen molar-refractivity contribution in [1.29, 1.82) is 0 Å². The molecule has 1 N–H and O–H groups in total. The van der Waals surface area contributed by atoms with Crippen molar-refractivity contribution in [2.24, 2.45) is 0 Å². The number of thiazole rings is 1. The SMILES string of the molecule is c1ccc2c(-c3nc(C4CCCN4)cs3)cccc2c1. The molecule has 0 spiro atoms. The van der Waals surface area contributed by atoms with E-state index in [0.717, 1.165) is 11.6 Å². The quantitative estimate of drug-likeness (QED) is 0.753. The first-order valence-electron chi connectivity index (χ1n) is 7.09. The van der Waals surface area contributed by atoms with Gasteiger partial charge in [0.25, 0.3) is 0 Å². The van der Waals surface area contributed by atoms with E-state index in [1.165, 1.54) is 34.9 Å². The van der Waals surface area contributed by atoms with Crippen LogP contribution in [-0.4, -0.2) is 11.5 Å². The van der Waals surface area contributed by atoms with Gasteiger partial charge < -0.3 is 5.32 Å². The zero-order valence-corrected chi connectivity index (χ0v) is 12.0. The third-order valence-electron chi connectivity index (χ3n) is 3.96. The van der Waals surface area contributed by atoms with Gasteiger partial charge in [-0.2, -0.15) is 0 Å². The van der Waals surface area contributed by atoms with Crippen LogP contribution in [0.15, 0.2) is 47.8 Å². The van der Waals surface area contributed by atoms with Crippen LogP contribution >= 0.6 is 11.3 Å². The summed E-state index contributed by atoms with van der Waals surface area (Å²) >= 11 is 1.75. The van der Waals surface area contributed by atoms with E-state index >= 15 is 0 Å². The number of aromatic nitrogens is 1. The molecule has 1 atom stereocenters. The molecule has 0 bridgehead atoms. The van der Waals surface area contributed by atoms with E-state index in [9.17, 15) is 0 Å². The summed E-state index contributed by atoms with van der Waals surface area (Å²) in [5.41, 5.74) is 2.45. The molecular weight excluding hydrogens is 264 g/mol. The molecule has 20 heavy (non-hydrogen) atoms. The maximum Gasteiger partial charge on any atom is 0.124 e. The molecule has 1 aliphatic rings. The number of rotatable bonds is 2. The van der Waals surface area contributed by atoms with Crippen LogP contribution in [0.3, 0.4) is 0 Å². The highest BCUT2D eigenvalue weighted by atomic mass is 32.1. The molecule has 2 nitrogen and oxygen atoms in total. The molecule has 1 unspecified atom stereocenters. The van der Waals surface area contributed by atoms with E-state index < -0.39 is 0 Å². The second kappa shape index (κ2) is 5.00. The summed E-state index contributed by atoms with van der Waals surface area (Å²) in [5, 5.41) is 9.42. The van der Waals surface area contributed by atoms with Gasteiger partial charge in [-0.1, -0.05) is 42.5 Å². The summed E-state index contributed by atoms with van der Waals surface area (Å²) in [6.45, 7) is 1.12. The molecule has 2 aromatic carbocycles. The van der Waals surface area contributed by atoms with Crippen LogP contribution in [0.5, 0.6) is 0 Å². The molecule has 100 valence electrons. The van der Waals surface area contributed by atoms with Gasteiger partial charge in [-0.3, -0.25) is 0 Å². The van der Waals surface area contributed by atoms with E-state index in [-0.39, 0.29) is 0 Å². The van der Waals surface area contributed by atoms with Crippen molar-refractivity contribution in [3.05, 3.63) is 53.5 Å². The fraction of sp³-hybridized carbons (Fsp3) is 0.235. The number of nitrogens with one attached hydrogen (secondary N) is 1. The average Bonchev–Trinajstić information content (AvgIpc) is 3.17. The van der Waals surface area contributed by atoms with Gasteiger partial charge in [-0.05, 0) is 30.2 Å². The molecule has 0 radical (unpaired) electrons. The molecule has 4 rings (SSSR count). The molecule has 1 aromatic heterocycles. The fourth-order valence-corrected chi connectivity index (χ4v) is 3.83. The molecule has 0 saturated carbocycles. The molecule has 1 aliphatic heterocycles. The Morgan fingerprint density at radius 3 is 2.90 bits per heavy atom. The van der Waals surface area contributed by atoms with Gasteiger partial charge >= 0.3 is 0 Å². The Kier molecular flexibility index (Phi) is 3.02. The van der Waals surface area contributed by atoms with Crippen molar-refractivity contribution in [3.8, 4) is 10.6 Å². The Morgan fingerprint density at radius 2 is 2.00 bits per heavy atom. The van der Waals surface area contributed by atoms with Crippen LogP contribution < -0.4 is 5.32 Å². The molecule has 1 saturated heterocycles. The number of hydrogen-bond donors (Lipinski definition) is 1. The normalized spacial score (nSPS) is 18.7. The second-order valence-corrected chi connectivity index (χ2v) is 6.11. The topological polar surface area (TPSA) is 24.9 Å². The van der Waals surface area contributed by atoms with Crippen LogP contribution in [0, 0.1) is 0 Å². The predicted octanol–water partition coefficient (Wildman–Crippen LogP) is 4.39. The van der Waals surface area contributed by atoms with Gasteiger partial charge in [0.2, 0.25) is 0 Å². The molecule has 2 heterocycles. The highest BCUT2D eigenvalue weighted by molar-refractivity contribution is 7.13. The lowest BCUT2D eigenvalue weighted by molar-refractivity contribution is 0.632. The van der Waals surface area contributed by atoms with Gasteiger partial charge in [0, 0.05) is 10.9 Å². The minimum atomic E-state index is 0.454. The van der Waals surface area contributed by atoms with E-state index in [1.807, 2.05) is 0 Å². The minimum absolute atomic E-state index is 0.454. The third-order valence-corrected chi connectivity index (χ3v) is 4.85. The van der Waals surface area contributed by atoms with Crippen molar-refractivity contribution in [3.63, 3.8) is 0 Å². The summed E-state index contributed by atoms with van der Waals surface area (Å²) in [7, 11) is 0. The Morgan fingerprint density at radius 1 is 1.10 bits per heavy atom. The highest BCUT2D eigenvalue weighted by Gasteiger charge is 2.19. The average molecular weight is 280 g/mol. The minimum Gasteiger partial charge on any atom is -0.309 e. The molecule has 3 heteroatoms. The first-order valence-corrected chi connectivity index (χ1v) is 7.97. The zero-order chi connectivity index (χ0) is 13.4. The molecule has 1 fully saturated rings. The van der Waals surface area contributed by atoms with Crippen molar-refractivity contribution in [2.45, 2.75) is 18.9 Å². The van der Waals surface area contributed by atoms with E-state index in [0.29, 0.717) is 6.04 Å². The number of hydrogen-bond acceptors (Lipinski definition) is 3. The first-order chi connectivity index (χ1) is 9.92. The summed E-state index contributed by atoms with van der Waals surface area (Å²) < 4.78 is 0. The van der Waals surface area contributed by atoms with Crippen molar-refractivity contribution in [2.75, 3.05) is 6.54 Å². The molecule has 0 aliphatic carbocycles. The number of nitrogens with zero attached hydrogens (tertiary/aromatic N) is 1. The summed E-state index contributed by atoms with van der Waals surface area (Å²) in [6.07, 6.45) is 2.46. The Balaban J connectivity index is 1.79. The Bertz CT molecular complexity index is 736. The van der Waals surface area contributed by atoms with Crippen LogP contribution in [0.1, 0.15) is 24.6 Å². The largest absolute Gasteiger partial charge is 0.309 e. The fourth-order valence-electron chi connectivity index (χ4n) is 2.92. The standard InChI is InChI=1S/C17H16N2S/c1-2-7-13-12(5-1)6-3-8-14(13)17-19-16(11-20-17)15-9-4-10-18-15/h1-3,5-8,11,15,18H,4,9-10H2. The lowest BCUT2D eigenvalue weighted by Crippen LogP contribution is -2.12. The summed E-state index contributed by atoms with van der Waals surface area (Å²) in [6, 6.07) is 15.4. The van der Waals surface area contributed by atoms with Crippen LogP contribution in [-0.2, 0) is 0 Å². The van der Waals surface area contributed by atoms with Crippen molar-refractivity contribution < 1.29 is 0 Å². The predicted molar refractivity (Wildman–Crippen MR) is 85.0 cm³/mol. The van der Waals surface area contributed by atoms with E-state index in [1.54, 1.807) is 11.3 Å².